The zero-order valence-electron chi connectivity index (χ0n) is 7.67. The number of anilines is 1. The lowest BCUT2D eigenvalue weighted by Gasteiger charge is -2.04. The molecule has 0 bridgehead atoms. The van der Waals surface area contributed by atoms with E-state index < -0.39 is 12.0 Å². The van der Waals surface area contributed by atoms with Gasteiger partial charge in [-0.2, -0.15) is 0 Å². The molecule has 1 aromatic rings. The van der Waals surface area contributed by atoms with E-state index in [9.17, 15) is 9.18 Å². The molecule has 74 valence electrons. The molecule has 0 saturated heterocycles. The Balaban J connectivity index is 2.39. The van der Waals surface area contributed by atoms with Crippen molar-refractivity contribution in [2.45, 2.75) is 19.4 Å². The number of hydrogen-bond acceptors (Lipinski definition) is 2. The van der Waals surface area contributed by atoms with Crippen LogP contribution in [0.1, 0.15) is 11.1 Å². The summed E-state index contributed by atoms with van der Waals surface area (Å²) in [7, 11) is 0. The van der Waals surface area contributed by atoms with Gasteiger partial charge in [0.25, 0.3) is 0 Å². The highest BCUT2D eigenvalue weighted by Crippen LogP contribution is 2.29. The number of nitrogens with one attached hydrogen (secondary N) is 1. The average Bonchev–Trinajstić information content (AvgIpc) is 2.47. The molecule has 1 unspecified atom stereocenters. The SMILES string of the molecule is Cc1cc(F)c2c(c1)NC(C(=O)O)C2. The molecule has 1 aromatic carbocycles. The van der Waals surface area contributed by atoms with Crippen LogP contribution >= 0.6 is 0 Å². The Bertz CT molecular complexity index is 403. The zero-order valence-corrected chi connectivity index (χ0v) is 7.67. The van der Waals surface area contributed by atoms with Crippen molar-refractivity contribution in [3.63, 3.8) is 0 Å². The summed E-state index contributed by atoms with van der Waals surface area (Å²) >= 11 is 0. The Morgan fingerprint density at radius 2 is 2.36 bits per heavy atom. The second-order valence-electron chi connectivity index (χ2n) is 3.51. The first-order valence-electron chi connectivity index (χ1n) is 4.36. The smallest absolute Gasteiger partial charge is 0.326 e. The van der Waals surface area contributed by atoms with Crippen LogP contribution in [-0.4, -0.2) is 17.1 Å². The van der Waals surface area contributed by atoms with Crippen LogP contribution in [0, 0.1) is 12.7 Å². The van der Waals surface area contributed by atoms with Crippen LogP contribution in [0.2, 0.25) is 0 Å². The molecular weight excluding hydrogens is 185 g/mol. The standard InChI is InChI=1S/C10H10FNO2/c1-5-2-7(11)6-4-9(10(13)14)12-8(6)3-5/h2-3,9,12H,4H2,1H3,(H,13,14). The van der Waals surface area contributed by atoms with Crippen molar-refractivity contribution in [3.8, 4) is 0 Å². The van der Waals surface area contributed by atoms with E-state index in [1.807, 2.05) is 0 Å². The molecule has 2 rings (SSSR count). The van der Waals surface area contributed by atoms with Crippen molar-refractivity contribution in [2.75, 3.05) is 5.32 Å². The Morgan fingerprint density at radius 3 is 3.00 bits per heavy atom. The molecule has 0 fully saturated rings. The summed E-state index contributed by atoms with van der Waals surface area (Å²) in [6.07, 6.45) is 0.219. The number of carboxylic acid groups (broad SMARTS) is 1. The van der Waals surface area contributed by atoms with Gasteiger partial charge in [-0.1, -0.05) is 0 Å². The molecule has 3 nitrogen and oxygen atoms in total. The number of rotatable bonds is 1. The number of carbonyl (C=O) groups is 1. The third-order valence-corrected chi connectivity index (χ3v) is 2.38. The number of aryl methyl sites for hydroxylation is 1. The number of aliphatic carboxylic acids is 1. The van der Waals surface area contributed by atoms with Gasteiger partial charge in [-0.15, -0.1) is 0 Å². The van der Waals surface area contributed by atoms with Crippen LogP contribution in [0.25, 0.3) is 0 Å². The maximum Gasteiger partial charge on any atom is 0.326 e. The second kappa shape index (κ2) is 2.97. The van der Waals surface area contributed by atoms with Crippen molar-refractivity contribution < 1.29 is 14.3 Å². The highest BCUT2D eigenvalue weighted by Gasteiger charge is 2.28. The van der Waals surface area contributed by atoms with Gasteiger partial charge in [0.05, 0.1) is 0 Å². The van der Waals surface area contributed by atoms with Gasteiger partial charge in [-0.25, -0.2) is 9.18 Å². The van der Waals surface area contributed by atoms with Crippen LogP contribution in [-0.2, 0) is 11.2 Å². The topological polar surface area (TPSA) is 49.3 Å². The van der Waals surface area contributed by atoms with Gasteiger partial charge in [0.1, 0.15) is 11.9 Å². The van der Waals surface area contributed by atoms with Crippen LogP contribution in [0.4, 0.5) is 10.1 Å². The molecule has 0 radical (unpaired) electrons. The molecule has 14 heavy (non-hydrogen) atoms. The van der Waals surface area contributed by atoms with E-state index in [1.54, 1.807) is 13.0 Å². The summed E-state index contributed by atoms with van der Waals surface area (Å²) in [4.78, 5) is 10.7. The highest BCUT2D eigenvalue weighted by molar-refractivity contribution is 5.81. The lowest BCUT2D eigenvalue weighted by Crippen LogP contribution is -2.26. The van der Waals surface area contributed by atoms with Crippen LogP contribution in [0.3, 0.4) is 0 Å². The summed E-state index contributed by atoms with van der Waals surface area (Å²) in [5.41, 5.74) is 1.87. The fourth-order valence-electron chi connectivity index (χ4n) is 1.70. The molecule has 1 aliphatic rings. The first kappa shape index (κ1) is 8.99. The van der Waals surface area contributed by atoms with Crippen molar-refractivity contribution >= 4 is 11.7 Å². The third kappa shape index (κ3) is 1.32. The summed E-state index contributed by atoms with van der Waals surface area (Å²) in [6, 6.07) is 2.49. The van der Waals surface area contributed by atoms with Crippen molar-refractivity contribution in [1.29, 1.82) is 0 Å². The van der Waals surface area contributed by atoms with Gasteiger partial charge >= 0.3 is 5.97 Å². The van der Waals surface area contributed by atoms with Gasteiger partial charge in [-0.05, 0) is 24.6 Å². The predicted molar refractivity (Wildman–Crippen MR) is 49.9 cm³/mol. The second-order valence-corrected chi connectivity index (χ2v) is 3.51. The van der Waals surface area contributed by atoms with E-state index in [-0.39, 0.29) is 12.2 Å². The lowest BCUT2D eigenvalue weighted by molar-refractivity contribution is -0.137. The summed E-state index contributed by atoms with van der Waals surface area (Å²) in [6.45, 7) is 1.78. The van der Waals surface area contributed by atoms with Crippen LogP contribution in [0.15, 0.2) is 12.1 Å². The zero-order chi connectivity index (χ0) is 10.3. The van der Waals surface area contributed by atoms with E-state index >= 15 is 0 Å². The molecule has 2 N–H and O–H groups in total. The van der Waals surface area contributed by atoms with E-state index in [4.69, 9.17) is 5.11 Å². The van der Waals surface area contributed by atoms with E-state index in [0.29, 0.717) is 11.3 Å². The molecule has 0 saturated carbocycles. The molecule has 0 aliphatic carbocycles. The maximum absolute atomic E-state index is 13.4. The van der Waals surface area contributed by atoms with Gasteiger partial charge < -0.3 is 10.4 Å². The Kier molecular flexibility index (Phi) is 1.91. The van der Waals surface area contributed by atoms with Crippen molar-refractivity contribution in [2.24, 2.45) is 0 Å². The minimum Gasteiger partial charge on any atom is -0.480 e. The molecule has 1 heterocycles. The molecule has 4 heteroatoms. The maximum atomic E-state index is 13.4. The van der Waals surface area contributed by atoms with Gasteiger partial charge in [0, 0.05) is 17.7 Å². The highest BCUT2D eigenvalue weighted by atomic mass is 19.1. The Hall–Kier alpha value is -1.58. The molecule has 0 amide bonds. The number of halogens is 1. The normalized spacial score (nSPS) is 18.9. The fraction of sp³-hybridized carbons (Fsp3) is 0.300. The number of hydrogen-bond donors (Lipinski definition) is 2. The van der Waals surface area contributed by atoms with Crippen LogP contribution < -0.4 is 5.32 Å². The van der Waals surface area contributed by atoms with Gasteiger partial charge in [0.2, 0.25) is 0 Å². The average molecular weight is 195 g/mol. The molecule has 0 spiro atoms. The third-order valence-electron chi connectivity index (χ3n) is 2.38. The van der Waals surface area contributed by atoms with E-state index in [1.165, 1.54) is 6.07 Å². The first-order chi connectivity index (χ1) is 6.58. The number of carboxylic acids is 1. The Morgan fingerprint density at radius 1 is 1.64 bits per heavy atom. The first-order valence-corrected chi connectivity index (χ1v) is 4.36. The predicted octanol–water partition coefficient (Wildman–Crippen LogP) is 1.56. The quantitative estimate of drug-likeness (QED) is 0.714. The molecule has 1 atom stereocenters. The van der Waals surface area contributed by atoms with Gasteiger partial charge in [0.15, 0.2) is 0 Å². The fourth-order valence-corrected chi connectivity index (χ4v) is 1.70. The largest absolute Gasteiger partial charge is 0.480 e. The minimum atomic E-state index is -0.946. The summed E-state index contributed by atoms with van der Waals surface area (Å²) in [5.74, 6) is -1.27. The minimum absolute atomic E-state index is 0.219. The van der Waals surface area contributed by atoms with Gasteiger partial charge in [-0.3, -0.25) is 0 Å². The summed E-state index contributed by atoms with van der Waals surface area (Å²) < 4.78 is 13.4. The van der Waals surface area contributed by atoms with Crippen LogP contribution in [0.5, 0.6) is 0 Å². The van der Waals surface area contributed by atoms with Crippen molar-refractivity contribution in [3.05, 3.63) is 29.1 Å². The molecule has 1 aliphatic heterocycles. The monoisotopic (exact) mass is 195 g/mol. The van der Waals surface area contributed by atoms with E-state index in [0.717, 1.165) is 5.56 Å². The lowest BCUT2D eigenvalue weighted by atomic mass is 10.1. The van der Waals surface area contributed by atoms with Crippen molar-refractivity contribution in [1.82, 2.24) is 0 Å². The number of fused-ring (bicyclic) bond motifs is 1. The molecule has 0 aromatic heterocycles. The molecular formula is C10H10FNO2. The Labute approximate surface area is 80.6 Å². The number of benzene rings is 1. The van der Waals surface area contributed by atoms with E-state index in [2.05, 4.69) is 5.32 Å². The summed E-state index contributed by atoms with van der Waals surface area (Å²) in [5, 5.41) is 11.5.